The highest BCUT2D eigenvalue weighted by Gasteiger charge is 2.17. The Labute approximate surface area is 180 Å². The zero-order valence-corrected chi connectivity index (χ0v) is 17.2. The summed E-state index contributed by atoms with van der Waals surface area (Å²) in [7, 11) is 1.62. The van der Waals surface area contributed by atoms with Gasteiger partial charge in [0.05, 0.1) is 7.11 Å². The predicted octanol–water partition coefficient (Wildman–Crippen LogP) is 4.96. The van der Waals surface area contributed by atoms with Gasteiger partial charge in [-0.1, -0.05) is 24.3 Å². The van der Waals surface area contributed by atoms with Crippen molar-refractivity contribution in [3.8, 4) is 17.2 Å². The second kappa shape index (κ2) is 9.00. The molecule has 0 aromatic heterocycles. The number of rotatable bonds is 6. The monoisotopic (exact) mass is 424 g/mol. The number of ether oxygens (including phenoxy) is 3. The van der Waals surface area contributed by atoms with Crippen LogP contribution in [0.5, 0.6) is 17.2 Å². The first-order chi connectivity index (χ1) is 14.6. The molecule has 0 spiro atoms. The molecule has 1 aliphatic heterocycles. The predicted molar refractivity (Wildman–Crippen MR) is 117 cm³/mol. The van der Waals surface area contributed by atoms with Crippen LogP contribution in [-0.4, -0.2) is 23.9 Å². The minimum absolute atomic E-state index is 0.230. The fraction of sp³-hybridized carbons (Fsp3) is 0.174. The molecule has 0 fully saturated rings. The number of methoxy groups -OCH3 is 1. The molecule has 4 rings (SSSR count). The van der Waals surface area contributed by atoms with Crippen molar-refractivity contribution in [1.29, 1.82) is 0 Å². The Morgan fingerprint density at radius 1 is 1.00 bits per heavy atom. The van der Waals surface area contributed by atoms with Gasteiger partial charge in [0.2, 0.25) is 6.79 Å². The third-order valence-corrected chi connectivity index (χ3v) is 5.07. The highest BCUT2D eigenvalue weighted by atomic mass is 32.1. The van der Waals surface area contributed by atoms with E-state index in [1.165, 1.54) is 12.1 Å². The maximum absolute atomic E-state index is 13.3. The quantitative estimate of drug-likeness (QED) is 0.564. The van der Waals surface area contributed by atoms with E-state index in [0.29, 0.717) is 18.2 Å². The lowest BCUT2D eigenvalue weighted by molar-refractivity contribution is 0.174. The van der Waals surface area contributed by atoms with Gasteiger partial charge in [-0.2, -0.15) is 0 Å². The lowest BCUT2D eigenvalue weighted by atomic mass is 10.1. The summed E-state index contributed by atoms with van der Waals surface area (Å²) >= 11 is 5.70. The van der Waals surface area contributed by atoms with Crippen LogP contribution in [0.25, 0.3) is 0 Å². The zero-order chi connectivity index (χ0) is 20.9. The molecule has 0 aliphatic carbocycles. The van der Waals surface area contributed by atoms with E-state index >= 15 is 0 Å². The zero-order valence-electron chi connectivity index (χ0n) is 16.4. The van der Waals surface area contributed by atoms with Gasteiger partial charge in [-0.05, 0) is 59.7 Å². The number of thiocarbonyl (C=S) groups is 1. The second-order valence-corrected chi connectivity index (χ2v) is 7.22. The lowest BCUT2D eigenvalue weighted by Gasteiger charge is -2.26. The summed E-state index contributed by atoms with van der Waals surface area (Å²) in [5.74, 6) is 1.93. The van der Waals surface area contributed by atoms with Crippen molar-refractivity contribution >= 4 is 23.0 Å². The fourth-order valence-corrected chi connectivity index (χ4v) is 3.42. The van der Waals surface area contributed by atoms with Gasteiger partial charge >= 0.3 is 0 Å². The van der Waals surface area contributed by atoms with Crippen molar-refractivity contribution in [2.24, 2.45) is 0 Å². The van der Waals surface area contributed by atoms with E-state index in [-0.39, 0.29) is 12.6 Å². The summed E-state index contributed by atoms with van der Waals surface area (Å²) in [4.78, 5) is 2.01. The first kappa shape index (κ1) is 20.0. The Morgan fingerprint density at radius 2 is 1.73 bits per heavy atom. The molecule has 1 N–H and O–H groups in total. The topological polar surface area (TPSA) is 43.0 Å². The number of fused-ring (bicyclic) bond motifs is 1. The number of nitrogens with zero attached hydrogens (tertiary/aromatic N) is 1. The van der Waals surface area contributed by atoms with Gasteiger partial charge < -0.3 is 24.4 Å². The molecule has 3 aromatic carbocycles. The number of halogens is 1. The Hall–Kier alpha value is -3.32. The molecule has 0 saturated carbocycles. The van der Waals surface area contributed by atoms with E-state index in [1.807, 2.05) is 47.4 Å². The molecular weight excluding hydrogens is 403 g/mol. The molecule has 30 heavy (non-hydrogen) atoms. The van der Waals surface area contributed by atoms with Gasteiger partial charge in [0.15, 0.2) is 16.6 Å². The lowest BCUT2D eigenvalue weighted by Crippen LogP contribution is -2.33. The normalized spacial score (nSPS) is 11.8. The molecule has 0 bridgehead atoms. The molecule has 0 amide bonds. The average molecular weight is 424 g/mol. The van der Waals surface area contributed by atoms with Crippen molar-refractivity contribution in [3.05, 3.63) is 83.7 Å². The number of nitrogens with one attached hydrogen (secondary N) is 1. The second-order valence-electron chi connectivity index (χ2n) is 6.83. The molecule has 1 heterocycles. The molecule has 154 valence electrons. The molecular formula is C23H21FN2O3S. The molecule has 0 unspecified atom stereocenters. The Balaban J connectivity index is 1.55. The van der Waals surface area contributed by atoms with Gasteiger partial charge in [-0.25, -0.2) is 4.39 Å². The molecule has 1 aliphatic rings. The van der Waals surface area contributed by atoms with E-state index in [0.717, 1.165) is 34.1 Å². The van der Waals surface area contributed by atoms with Crippen LogP contribution < -0.4 is 19.5 Å². The highest BCUT2D eigenvalue weighted by Crippen LogP contribution is 2.33. The van der Waals surface area contributed by atoms with E-state index < -0.39 is 0 Å². The average Bonchev–Trinajstić information content (AvgIpc) is 3.23. The van der Waals surface area contributed by atoms with Gasteiger partial charge in [-0.15, -0.1) is 0 Å². The summed E-state index contributed by atoms with van der Waals surface area (Å²) in [6.07, 6.45) is 0. The van der Waals surface area contributed by atoms with E-state index in [1.54, 1.807) is 19.2 Å². The van der Waals surface area contributed by atoms with Crippen LogP contribution in [0.3, 0.4) is 0 Å². The van der Waals surface area contributed by atoms with Gasteiger partial charge in [0.25, 0.3) is 0 Å². The van der Waals surface area contributed by atoms with Crippen LogP contribution in [-0.2, 0) is 13.1 Å². The van der Waals surface area contributed by atoms with Crippen molar-refractivity contribution in [2.45, 2.75) is 13.1 Å². The summed E-state index contributed by atoms with van der Waals surface area (Å²) in [6, 6.07) is 19.8. The van der Waals surface area contributed by atoms with E-state index in [9.17, 15) is 4.39 Å². The standard InChI is InChI=1S/C23H21FN2O3S/c1-27-20-4-2-3-19(12-20)25-23(30)26(13-16-5-8-18(24)9-6-16)14-17-7-10-21-22(11-17)29-15-28-21/h2-12H,13-15H2,1H3,(H,25,30). The van der Waals surface area contributed by atoms with Crippen molar-refractivity contribution in [1.82, 2.24) is 4.90 Å². The molecule has 3 aromatic rings. The Kier molecular flexibility index (Phi) is 5.99. The van der Waals surface area contributed by atoms with Crippen molar-refractivity contribution in [2.75, 3.05) is 19.2 Å². The first-order valence-corrected chi connectivity index (χ1v) is 9.84. The number of hydrogen-bond donors (Lipinski definition) is 1. The van der Waals surface area contributed by atoms with Crippen molar-refractivity contribution < 1.29 is 18.6 Å². The maximum atomic E-state index is 13.3. The van der Waals surface area contributed by atoms with Crippen LogP contribution >= 0.6 is 12.2 Å². The summed E-state index contributed by atoms with van der Waals surface area (Å²) in [5, 5.41) is 3.81. The highest BCUT2D eigenvalue weighted by molar-refractivity contribution is 7.80. The van der Waals surface area contributed by atoms with Gasteiger partial charge in [-0.3, -0.25) is 0 Å². The van der Waals surface area contributed by atoms with Crippen LogP contribution in [0.4, 0.5) is 10.1 Å². The SMILES string of the molecule is COc1cccc(NC(=S)N(Cc2ccc(F)cc2)Cc2ccc3c(c2)OCO3)c1. The third-order valence-electron chi connectivity index (χ3n) is 4.71. The van der Waals surface area contributed by atoms with Crippen LogP contribution in [0.15, 0.2) is 66.7 Å². The number of hydrogen-bond acceptors (Lipinski definition) is 4. The van der Waals surface area contributed by atoms with Gasteiger partial charge in [0.1, 0.15) is 11.6 Å². The van der Waals surface area contributed by atoms with Crippen molar-refractivity contribution in [3.63, 3.8) is 0 Å². The number of benzene rings is 3. The molecule has 0 atom stereocenters. The fourth-order valence-electron chi connectivity index (χ4n) is 3.17. The summed E-state index contributed by atoms with van der Waals surface area (Å²) in [5.41, 5.74) is 2.80. The smallest absolute Gasteiger partial charge is 0.231 e. The molecule has 0 radical (unpaired) electrons. The van der Waals surface area contributed by atoms with Crippen LogP contribution in [0, 0.1) is 5.82 Å². The largest absolute Gasteiger partial charge is 0.497 e. The van der Waals surface area contributed by atoms with Crippen LogP contribution in [0.2, 0.25) is 0 Å². The van der Waals surface area contributed by atoms with E-state index in [2.05, 4.69) is 5.32 Å². The molecule has 0 saturated heterocycles. The molecule has 5 nitrogen and oxygen atoms in total. The van der Waals surface area contributed by atoms with Crippen LogP contribution in [0.1, 0.15) is 11.1 Å². The summed E-state index contributed by atoms with van der Waals surface area (Å²) in [6.45, 7) is 1.29. The van der Waals surface area contributed by atoms with Gasteiger partial charge in [0, 0.05) is 24.8 Å². The Bertz CT molecular complexity index is 1040. The minimum atomic E-state index is -0.266. The van der Waals surface area contributed by atoms with E-state index in [4.69, 9.17) is 26.4 Å². The Morgan fingerprint density at radius 3 is 2.53 bits per heavy atom. The first-order valence-electron chi connectivity index (χ1n) is 9.44. The third kappa shape index (κ3) is 4.80. The minimum Gasteiger partial charge on any atom is -0.497 e. The summed E-state index contributed by atoms with van der Waals surface area (Å²) < 4.78 is 29.5. The molecule has 7 heteroatoms. The maximum Gasteiger partial charge on any atom is 0.231 e. The number of anilines is 1.